The Morgan fingerprint density at radius 3 is 2.43 bits per heavy atom. The van der Waals surface area contributed by atoms with Crippen molar-refractivity contribution in [1.29, 1.82) is 0 Å². The Bertz CT molecular complexity index is 818. The normalized spacial score (nSPS) is 15.0. The van der Waals surface area contributed by atoms with Crippen LogP contribution in [0, 0.1) is 5.82 Å². The zero-order valence-corrected chi connectivity index (χ0v) is 16.2. The van der Waals surface area contributed by atoms with E-state index in [0.29, 0.717) is 32.0 Å². The summed E-state index contributed by atoms with van der Waals surface area (Å²) in [7, 11) is 1.69. The predicted octanol–water partition coefficient (Wildman–Crippen LogP) is 2.73. The van der Waals surface area contributed by atoms with Crippen LogP contribution in [-0.2, 0) is 16.8 Å². The molecule has 0 heterocycles. The molecular formula is C22H27FN4O. The van der Waals surface area contributed by atoms with Crippen LogP contribution >= 0.6 is 0 Å². The molecule has 0 radical (unpaired) electrons. The number of rotatable bonds is 8. The van der Waals surface area contributed by atoms with Crippen molar-refractivity contribution < 1.29 is 9.18 Å². The van der Waals surface area contributed by atoms with E-state index in [1.807, 2.05) is 42.5 Å². The Morgan fingerprint density at radius 2 is 1.75 bits per heavy atom. The van der Waals surface area contributed by atoms with Crippen molar-refractivity contribution in [2.75, 3.05) is 20.1 Å². The van der Waals surface area contributed by atoms with Gasteiger partial charge in [-0.1, -0.05) is 48.5 Å². The first-order chi connectivity index (χ1) is 13.6. The maximum absolute atomic E-state index is 14.1. The second kappa shape index (κ2) is 9.35. The fraction of sp³-hybridized carbons (Fsp3) is 0.364. The van der Waals surface area contributed by atoms with Gasteiger partial charge in [0.15, 0.2) is 5.96 Å². The third-order valence-electron chi connectivity index (χ3n) is 5.09. The van der Waals surface area contributed by atoms with E-state index in [0.717, 1.165) is 24.0 Å². The topological polar surface area (TPSA) is 65.5 Å². The van der Waals surface area contributed by atoms with Crippen molar-refractivity contribution in [2.24, 2.45) is 4.99 Å². The van der Waals surface area contributed by atoms with E-state index in [1.165, 1.54) is 6.07 Å². The molecule has 0 aliphatic heterocycles. The molecule has 0 atom stereocenters. The minimum absolute atomic E-state index is 0.0168. The first kappa shape index (κ1) is 19.9. The van der Waals surface area contributed by atoms with E-state index >= 15 is 0 Å². The summed E-state index contributed by atoms with van der Waals surface area (Å²) in [6, 6.07) is 16.8. The summed E-state index contributed by atoms with van der Waals surface area (Å²) in [6.07, 6.45) is 2.27. The molecule has 6 heteroatoms. The summed E-state index contributed by atoms with van der Waals surface area (Å²) < 4.78 is 14.1. The average molecular weight is 382 g/mol. The Kier molecular flexibility index (Phi) is 6.63. The highest BCUT2D eigenvalue weighted by Crippen LogP contribution is 2.48. The molecule has 1 aliphatic rings. The number of halogens is 1. The molecule has 1 saturated carbocycles. The van der Waals surface area contributed by atoms with Crippen molar-refractivity contribution in [3.63, 3.8) is 0 Å². The van der Waals surface area contributed by atoms with Gasteiger partial charge in [0, 0.05) is 38.5 Å². The van der Waals surface area contributed by atoms with E-state index in [-0.39, 0.29) is 17.1 Å². The largest absolute Gasteiger partial charge is 0.356 e. The fourth-order valence-electron chi connectivity index (χ4n) is 3.24. The minimum Gasteiger partial charge on any atom is -0.356 e. The molecule has 2 aromatic rings. The average Bonchev–Trinajstić information content (AvgIpc) is 3.51. The summed E-state index contributed by atoms with van der Waals surface area (Å²) in [4.78, 5) is 16.2. The third kappa shape index (κ3) is 5.31. The van der Waals surface area contributed by atoms with Gasteiger partial charge in [0.05, 0.1) is 0 Å². The highest BCUT2D eigenvalue weighted by atomic mass is 19.1. The van der Waals surface area contributed by atoms with Crippen LogP contribution in [0.4, 0.5) is 4.39 Å². The van der Waals surface area contributed by atoms with Crippen molar-refractivity contribution in [3.05, 3.63) is 71.5 Å². The van der Waals surface area contributed by atoms with Crippen molar-refractivity contribution in [2.45, 2.75) is 31.2 Å². The fourth-order valence-corrected chi connectivity index (χ4v) is 3.24. The molecule has 0 unspecified atom stereocenters. The summed E-state index contributed by atoms with van der Waals surface area (Å²) >= 11 is 0. The van der Waals surface area contributed by atoms with Gasteiger partial charge in [0.25, 0.3) is 0 Å². The zero-order valence-electron chi connectivity index (χ0n) is 16.2. The monoisotopic (exact) mass is 382 g/mol. The lowest BCUT2D eigenvalue weighted by molar-refractivity contribution is -0.121. The van der Waals surface area contributed by atoms with Crippen LogP contribution in [0.15, 0.2) is 59.6 Å². The van der Waals surface area contributed by atoms with Gasteiger partial charge in [-0.15, -0.1) is 0 Å². The van der Waals surface area contributed by atoms with Crippen molar-refractivity contribution in [3.8, 4) is 0 Å². The van der Waals surface area contributed by atoms with Crippen molar-refractivity contribution >= 4 is 11.9 Å². The molecule has 0 bridgehead atoms. The van der Waals surface area contributed by atoms with Crippen LogP contribution in [0.5, 0.6) is 0 Å². The van der Waals surface area contributed by atoms with Gasteiger partial charge in [-0.3, -0.25) is 9.79 Å². The van der Waals surface area contributed by atoms with Crippen LogP contribution < -0.4 is 16.0 Å². The van der Waals surface area contributed by atoms with E-state index in [1.54, 1.807) is 13.1 Å². The number of carbonyl (C=O) groups excluding carboxylic acids is 1. The van der Waals surface area contributed by atoms with Crippen LogP contribution in [0.3, 0.4) is 0 Å². The maximum Gasteiger partial charge on any atom is 0.222 e. The number of nitrogens with zero attached hydrogens (tertiary/aromatic N) is 1. The Hall–Kier alpha value is -2.89. The third-order valence-corrected chi connectivity index (χ3v) is 5.09. The maximum atomic E-state index is 14.1. The lowest BCUT2D eigenvalue weighted by Crippen LogP contribution is -2.42. The smallest absolute Gasteiger partial charge is 0.222 e. The summed E-state index contributed by atoms with van der Waals surface area (Å²) in [5.41, 5.74) is 1.68. The Morgan fingerprint density at radius 1 is 1.04 bits per heavy atom. The molecule has 3 N–H and O–H groups in total. The van der Waals surface area contributed by atoms with Gasteiger partial charge >= 0.3 is 0 Å². The van der Waals surface area contributed by atoms with Gasteiger partial charge in [0.1, 0.15) is 5.82 Å². The second-order valence-corrected chi connectivity index (χ2v) is 7.13. The molecule has 5 nitrogen and oxygen atoms in total. The van der Waals surface area contributed by atoms with Crippen LogP contribution in [0.2, 0.25) is 0 Å². The lowest BCUT2D eigenvalue weighted by Gasteiger charge is -2.19. The van der Waals surface area contributed by atoms with Gasteiger partial charge in [-0.25, -0.2) is 4.39 Å². The summed E-state index contributed by atoms with van der Waals surface area (Å²) in [5.74, 6) is 0.454. The van der Waals surface area contributed by atoms with Gasteiger partial charge in [-0.05, 0) is 30.0 Å². The van der Waals surface area contributed by atoms with E-state index in [4.69, 9.17) is 0 Å². The molecule has 1 fully saturated rings. The van der Waals surface area contributed by atoms with Crippen LogP contribution in [0.25, 0.3) is 0 Å². The van der Waals surface area contributed by atoms with Gasteiger partial charge in [-0.2, -0.15) is 0 Å². The number of guanidine groups is 1. The molecule has 0 aromatic heterocycles. The molecule has 0 saturated heterocycles. The van der Waals surface area contributed by atoms with E-state index in [9.17, 15) is 9.18 Å². The molecule has 0 spiro atoms. The zero-order chi connectivity index (χ0) is 19.8. The first-order valence-corrected chi connectivity index (χ1v) is 9.63. The number of benzene rings is 2. The first-order valence-electron chi connectivity index (χ1n) is 9.63. The lowest BCUT2D eigenvalue weighted by atomic mass is 9.95. The SMILES string of the molecule is CN=C(NCCC(=O)NCc1ccccc1)NCC1(c2ccccc2F)CC1. The molecule has 28 heavy (non-hydrogen) atoms. The number of hydrogen-bond acceptors (Lipinski definition) is 2. The van der Waals surface area contributed by atoms with E-state index < -0.39 is 0 Å². The summed E-state index contributed by atoms with van der Waals surface area (Å²) in [5, 5.41) is 9.32. The molecule has 2 aromatic carbocycles. The predicted molar refractivity (Wildman–Crippen MR) is 110 cm³/mol. The number of nitrogens with one attached hydrogen (secondary N) is 3. The molecule has 1 aliphatic carbocycles. The number of hydrogen-bond donors (Lipinski definition) is 3. The number of carbonyl (C=O) groups is 1. The highest BCUT2D eigenvalue weighted by molar-refractivity contribution is 5.81. The number of aliphatic imine (C=N–C) groups is 1. The van der Waals surface area contributed by atoms with E-state index in [2.05, 4.69) is 20.9 Å². The van der Waals surface area contributed by atoms with Gasteiger partial charge in [0.2, 0.25) is 5.91 Å². The Balaban J connectivity index is 1.39. The standard InChI is InChI=1S/C22H27FN4O/c1-24-21(25-14-11-20(28)26-15-17-7-3-2-4-8-17)27-16-22(12-13-22)18-9-5-6-10-19(18)23/h2-10H,11-16H2,1H3,(H,26,28)(H2,24,25,27). The highest BCUT2D eigenvalue weighted by Gasteiger charge is 2.45. The molecule has 148 valence electrons. The van der Waals surface area contributed by atoms with Crippen LogP contribution in [-0.4, -0.2) is 32.0 Å². The summed E-state index contributed by atoms with van der Waals surface area (Å²) in [6.45, 7) is 1.62. The molecule has 1 amide bonds. The minimum atomic E-state index is -0.157. The number of amides is 1. The van der Waals surface area contributed by atoms with Crippen LogP contribution in [0.1, 0.15) is 30.4 Å². The van der Waals surface area contributed by atoms with Gasteiger partial charge < -0.3 is 16.0 Å². The Labute approximate surface area is 165 Å². The molecular weight excluding hydrogens is 355 g/mol. The molecule has 3 rings (SSSR count). The van der Waals surface area contributed by atoms with Crippen molar-refractivity contribution in [1.82, 2.24) is 16.0 Å². The quantitative estimate of drug-likeness (QED) is 0.486. The second-order valence-electron chi connectivity index (χ2n) is 7.13.